The first-order valence-corrected chi connectivity index (χ1v) is 12.4. The summed E-state index contributed by atoms with van der Waals surface area (Å²) in [6, 6.07) is 17.5. The van der Waals surface area contributed by atoms with Crippen LogP contribution in [0.1, 0.15) is 43.6 Å². The molecule has 2 heterocycles. The molecule has 29 heavy (non-hydrogen) atoms. The Kier molecular flexibility index (Phi) is 6.60. The Morgan fingerprint density at radius 3 is 2.41 bits per heavy atom. The lowest BCUT2D eigenvalue weighted by Crippen LogP contribution is -2.40. The van der Waals surface area contributed by atoms with Gasteiger partial charge in [-0.15, -0.1) is 0 Å². The Morgan fingerprint density at radius 2 is 1.69 bits per heavy atom. The molecule has 2 saturated heterocycles. The summed E-state index contributed by atoms with van der Waals surface area (Å²) in [5.41, 5.74) is 1.45. The molecule has 0 N–H and O–H groups in total. The van der Waals surface area contributed by atoms with Crippen LogP contribution in [0.15, 0.2) is 59.5 Å². The lowest BCUT2D eigenvalue weighted by atomic mass is 9.89. The zero-order valence-electron chi connectivity index (χ0n) is 16.7. The number of hydrogen-bond acceptors (Lipinski definition) is 3. The molecule has 0 aromatic heterocycles. The van der Waals surface area contributed by atoms with Crippen molar-refractivity contribution in [2.75, 3.05) is 26.2 Å². The molecular formula is C23H29ClN2O2S. The van der Waals surface area contributed by atoms with Crippen molar-refractivity contribution in [2.24, 2.45) is 0 Å². The van der Waals surface area contributed by atoms with Crippen LogP contribution < -0.4 is 0 Å². The molecule has 6 heteroatoms. The van der Waals surface area contributed by atoms with Crippen molar-refractivity contribution >= 4 is 21.6 Å². The van der Waals surface area contributed by atoms with Crippen LogP contribution in [0.25, 0.3) is 0 Å². The molecule has 2 aliphatic heterocycles. The van der Waals surface area contributed by atoms with Gasteiger partial charge in [-0.2, -0.15) is 4.31 Å². The molecule has 2 aromatic carbocycles. The Hall–Kier alpha value is -1.40. The van der Waals surface area contributed by atoms with Crippen LogP contribution in [0.4, 0.5) is 0 Å². The maximum atomic E-state index is 13.1. The molecular weight excluding hydrogens is 404 g/mol. The molecule has 0 aliphatic carbocycles. The largest absolute Gasteiger partial charge is 0.303 e. The van der Waals surface area contributed by atoms with Crippen LogP contribution in [-0.2, 0) is 10.0 Å². The normalized spacial score (nSPS) is 22.2. The van der Waals surface area contributed by atoms with E-state index in [4.69, 9.17) is 11.6 Å². The van der Waals surface area contributed by atoms with E-state index in [-0.39, 0.29) is 6.04 Å². The van der Waals surface area contributed by atoms with Crippen LogP contribution in [0, 0.1) is 0 Å². The summed E-state index contributed by atoms with van der Waals surface area (Å²) in [6.07, 6.45) is 5.13. The number of benzene rings is 2. The summed E-state index contributed by atoms with van der Waals surface area (Å²) in [6.45, 7) is 3.75. The van der Waals surface area contributed by atoms with E-state index in [1.165, 1.54) is 18.4 Å². The van der Waals surface area contributed by atoms with Gasteiger partial charge >= 0.3 is 0 Å². The number of rotatable bonds is 6. The summed E-state index contributed by atoms with van der Waals surface area (Å²) in [5.74, 6) is 0.652. The van der Waals surface area contributed by atoms with Crippen molar-refractivity contribution in [2.45, 2.75) is 49.0 Å². The molecule has 2 aromatic rings. The Morgan fingerprint density at radius 1 is 0.931 bits per heavy atom. The fourth-order valence-electron chi connectivity index (χ4n) is 4.72. The molecule has 0 spiro atoms. The molecule has 1 atom stereocenters. The van der Waals surface area contributed by atoms with Crippen molar-refractivity contribution in [3.63, 3.8) is 0 Å². The van der Waals surface area contributed by atoms with Crippen LogP contribution >= 0.6 is 11.6 Å². The van der Waals surface area contributed by atoms with E-state index in [0.29, 0.717) is 22.4 Å². The molecule has 0 bridgehead atoms. The predicted molar refractivity (Wildman–Crippen MR) is 118 cm³/mol. The SMILES string of the molecule is O=S(=O)(c1cccc(Cl)c1)N1CCCC1CCN1CCC(c2ccccc2)CC1. The van der Waals surface area contributed by atoms with Gasteiger partial charge < -0.3 is 4.90 Å². The molecule has 0 radical (unpaired) electrons. The smallest absolute Gasteiger partial charge is 0.243 e. The summed E-state index contributed by atoms with van der Waals surface area (Å²) in [5, 5.41) is 0.461. The maximum Gasteiger partial charge on any atom is 0.243 e. The van der Waals surface area contributed by atoms with Gasteiger partial charge in [0.25, 0.3) is 0 Å². The molecule has 0 amide bonds. The van der Waals surface area contributed by atoms with Crippen molar-refractivity contribution in [3.05, 3.63) is 65.2 Å². The molecule has 2 aliphatic rings. The quantitative estimate of drug-likeness (QED) is 0.660. The number of halogens is 1. The average Bonchev–Trinajstić information content (AvgIpc) is 3.23. The van der Waals surface area contributed by atoms with Crippen molar-refractivity contribution in [3.8, 4) is 0 Å². The van der Waals surface area contributed by atoms with Gasteiger partial charge in [-0.3, -0.25) is 0 Å². The first-order valence-electron chi connectivity index (χ1n) is 10.6. The van der Waals surface area contributed by atoms with Crippen LogP contribution in [0.2, 0.25) is 5.02 Å². The standard InChI is InChI=1S/C23H29ClN2O2S/c24-21-8-4-10-23(18-21)29(27,28)26-14-5-9-22(26)13-17-25-15-11-20(12-16-25)19-6-2-1-3-7-19/h1-4,6-8,10,18,20,22H,5,9,11-17H2. The fourth-order valence-corrected chi connectivity index (χ4v) is 6.75. The van der Waals surface area contributed by atoms with Gasteiger partial charge in [0.2, 0.25) is 10.0 Å². The van der Waals surface area contributed by atoms with Crippen molar-refractivity contribution in [1.29, 1.82) is 0 Å². The van der Waals surface area contributed by atoms with Crippen LogP contribution in [0.5, 0.6) is 0 Å². The number of likely N-dealkylation sites (tertiary alicyclic amines) is 1. The van der Waals surface area contributed by atoms with E-state index in [2.05, 4.69) is 35.2 Å². The second kappa shape index (κ2) is 9.17. The molecule has 4 rings (SSSR count). The third kappa shape index (κ3) is 4.85. The highest BCUT2D eigenvalue weighted by atomic mass is 35.5. The second-order valence-electron chi connectivity index (χ2n) is 8.18. The Bertz CT molecular complexity index is 911. The lowest BCUT2D eigenvalue weighted by molar-refractivity contribution is 0.196. The Balaban J connectivity index is 1.33. The van der Waals surface area contributed by atoms with Gasteiger partial charge in [0.1, 0.15) is 0 Å². The van der Waals surface area contributed by atoms with Gasteiger partial charge in [-0.05, 0) is 81.4 Å². The summed E-state index contributed by atoms with van der Waals surface area (Å²) in [7, 11) is -3.48. The van der Waals surface area contributed by atoms with E-state index < -0.39 is 10.0 Å². The molecule has 4 nitrogen and oxygen atoms in total. The number of sulfonamides is 1. The third-order valence-electron chi connectivity index (χ3n) is 6.36. The number of nitrogens with zero attached hydrogens (tertiary/aromatic N) is 2. The molecule has 156 valence electrons. The number of hydrogen-bond donors (Lipinski definition) is 0. The lowest BCUT2D eigenvalue weighted by Gasteiger charge is -2.33. The van der Waals surface area contributed by atoms with Crippen molar-refractivity contribution in [1.82, 2.24) is 9.21 Å². The predicted octanol–water partition coefficient (Wildman–Crippen LogP) is 4.76. The minimum atomic E-state index is -3.48. The number of piperidine rings is 1. The average molecular weight is 433 g/mol. The van der Waals surface area contributed by atoms with Crippen LogP contribution in [-0.4, -0.2) is 49.8 Å². The zero-order chi connectivity index (χ0) is 20.3. The first-order chi connectivity index (χ1) is 14.0. The second-order valence-corrected chi connectivity index (χ2v) is 10.5. The van der Waals surface area contributed by atoms with Gasteiger partial charge in [0, 0.05) is 17.6 Å². The zero-order valence-corrected chi connectivity index (χ0v) is 18.3. The summed E-state index contributed by atoms with van der Waals surface area (Å²) >= 11 is 6.02. The Labute approximate surface area is 179 Å². The van der Waals surface area contributed by atoms with E-state index in [1.54, 1.807) is 28.6 Å². The monoisotopic (exact) mass is 432 g/mol. The molecule has 1 unspecified atom stereocenters. The van der Waals surface area contributed by atoms with Gasteiger partial charge in [0.05, 0.1) is 4.90 Å². The summed E-state index contributed by atoms with van der Waals surface area (Å²) in [4.78, 5) is 2.81. The maximum absolute atomic E-state index is 13.1. The van der Waals surface area contributed by atoms with E-state index in [1.807, 2.05) is 0 Å². The topological polar surface area (TPSA) is 40.6 Å². The third-order valence-corrected chi connectivity index (χ3v) is 8.55. The molecule has 0 saturated carbocycles. The van der Waals surface area contributed by atoms with Crippen molar-refractivity contribution < 1.29 is 8.42 Å². The van der Waals surface area contributed by atoms with E-state index in [0.717, 1.165) is 38.9 Å². The first kappa shape index (κ1) is 20.9. The summed E-state index contributed by atoms with van der Waals surface area (Å²) < 4.78 is 27.9. The fraction of sp³-hybridized carbons (Fsp3) is 0.478. The van der Waals surface area contributed by atoms with Gasteiger partial charge in [-0.25, -0.2) is 8.42 Å². The van der Waals surface area contributed by atoms with Crippen LogP contribution in [0.3, 0.4) is 0 Å². The highest BCUT2D eigenvalue weighted by Gasteiger charge is 2.35. The minimum absolute atomic E-state index is 0.0887. The van der Waals surface area contributed by atoms with Gasteiger partial charge in [-0.1, -0.05) is 48.0 Å². The highest BCUT2D eigenvalue weighted by molar-refractivity contribution is 7.89. The molecule has 2 fully saturated rings. The van der Waals surface area contributed by atoms with Gasteiger partial charge in [0.15, 0.2) is 0 Å². The van der Waals surface area contributed by atoms with E-state index in [9.17, 15) is 8.42 Å². The highest BCUT2D eigenvalue weighted by Crippen LogP contribution is 2.31. The van der Waals surface area contributed by atoms with E-state index >= 15 is 0 Å². The minimum Gasteiger partial charge on any atom is -0.303 e.